The molecule has 0 aliphatic rings. The van der Waals surface area contributed by atoms with Crippen LogP contribution in [-0.4, -0.2) is 12.6 Å². The zero-order chi connectivity index (χ0) is 11.0. The first-order valence-corrected chi connectivity index (χ1v) is 4.90. The predicted molar refractivity (Wildman–Crippen MR) is 54.4 cm³/mol. The SMILES string of the molecule is CCCCOC(=O)C(C#N)=CC(C)C. The van der Waals surface area contributed by atoms with Crippen molar-refractivity contribution in [1.29, 1.82) is 5.26 Å². The molecule has 0 aromatic carbocycles. The molecule has 3 heteroatoms. The third-order valence-electron chi connectivity index (χ3n) is 1.57. The van der Waals surface area contributed by atoms with Crippen molar-refractivity contribution in [2.45, 2.75) is 33.6 Å². The molecule has 0 saturated heterocycles. The molecule has 0 aromatic heterocycles. The molecule has 0 unspecified atom stereocenters. The summed E-state index contributed by atoms with van der Waals surface area (Å²) in [7, 11) is 0. The largest absolute Gasteiger partial charge is 0.462 e. The predicted octanol–water partition coefficient (Wildman–Crippen LogP) is 2.44. The molecular weight excluding hydrogens is 178 g/mol. The average molecular weight is 195 g/mol. The fraction of sp³-hybridized carbons (Fsp3) is 0.636. The Labute approximate surface area is 85.4 Å². The number of unbranched alkanes of at least 4 members (excludes halogenated alkanes) is 1. The maximum atomic E-state index is 11.3. The van der Waals surface area contributed by atoms with Gasteiger partial charge in [0.1, 0.15) is 11.6 Å². The van der Waals surface area contributed by atoms with E-state index in [-0.39, 0.29) is 11.5 Å². The van der Waals surface area contributed by atoms with Crippen LogP contribution in [0, 0.1) is 17.2 Å². The molecule has 0 aliphatic carbocycles. The lowest BCUT2D eigenvalue weighted by Crippen LogP contribution is -2.08. The van der Waals surface area contributed by atoms with Crippen molar-refractivity contribution in [3.63, 3.8) is 0 Å². The summed E-state index contributed by atoms with van der Waals surface area (Å²) in [5, 5.41) is 8.68. The van der Waals surface area contributed by atoms with E-state index in [1.54, 1.807) is 6.08 Å². The number of rotatable bonds is 5. The van der Waals surface area contributed by atoms with Crippen molar-refractivity contribution in [3.8, 4) is 6.07 Å². The van der Waals surface area contributed by atoms with E-state index < -0.39 is 5.97 Å². The molecule has 0 saturated carbocycles. The lowest BCUT2D eigenvalue weighted by atomic mass is 10.1. The fourth-order valence-corrected chi connectivity index (χ4v) is 0.871. The summed E-state index contributed by atoms with van der Waals surface area (Å²) in [6.07, 6.45) is 3.43. The summed E-state index contributed by atoms with van der Waals surface area (Å²) in [6.45, 7) is 6.24. The molecular formula is C11H17NO2. The van der Waals surface area contributed by atoms with E-state index in [2.05, 4.69) is 0 Å². The molecule has 0 aromatic rings. The van der Waals surface area contributed by atoms with E-state index in [4.69, 9.17) is 10.00 Å². The van der Waals surface area contributed by atoms with Gasteiger partial charge in [0.05, 0.1) is 6.61 Å². The fourth-order valence-electron chi connectivity index (χ4n) is 0.871. The van der Waals surface area contributed by atoms with Crippen LogP contribution >= 0.6 is 0 Å². The molecule has 3 nitrogen and oxygen atoms in total. The number of esters is 1. The van der Waals surface area contributed by atoms with Gasteiger partial charge in [-0.3, -0.25) is 0 Å². The van der Waals surface area contributed by atoms with Crippen LogP contribution in [-0.2, 0) is 9.53 Å². The first-order chi connectivity index (χ1) is 6.61. The maximum Gasteiger partial charge on any atom is 0.348 e. The lowest BCUT2D eigenvalue weighted by molar-refractivity contribution is -0.138. The molecule has 0 N–H and O–H groups in total. The zero-order valence-corrected chi connectivity index (χ0v) is 9.04. The lowest BCUT2D eigenvalue weighted by Gasteiger charge is -2.03. The second-order valence-corrected chi connectivity index (χ2v) is 3.43. The summed E-state index contributed by atoms with van der Waals surface area (Å²) in [5.74, 6) is -0.321. The van der Waals surface area contributed by atoms with Crippen LogP contribution in [0.4, 0.5) is 0 Å². The highest BCUT2D eigenvalue weighted by Gasteiger charge is 2.10. The van der Waals surface area contributed by atoms with Crippen LogP contribution in [0.1, 0.15) is 33.6 Å². The number of nitrogens with zero attached hydrogens (tertiary/aromatic N) is 1. The van der Waals surface area contributed by atoms with Gasteiger partial charge in [-0.15, -0.1) is 0 Å². The Balaban J connectivity index is 4.14. The van der Waals surface area contributed by atoms with Gasteiger partial charge in [-0.2, -0.15) is 5.26 Å². The molecule has 0 heterocycles. The summed E-state index contributed by atoms with van der Waals surface area (Å²) < 4.78 is 4.91. The van der Waals surface area contributed by atoms with Crippen LogP contribution < -0.4 is 0 Å². The monoisotopic (exact) mass is 195 g/mol. The van der Waals surface area contributed by atoms with Gasteiger partial charge < -0.3 is 4.74 Å². The van der Waals surface area contributed by atoms with Crippen LogP contribution in [0.15, 0.2) is 11.6 Å². The van der Waals surface area contributed by atoms with Crippen molar-refractivity contribution < 1.29 is 9.53 Å². The summed E-state index contributed by atoms with van der Waals surface area (Å²) in [6, 6.07) is 1.85. The Morgan fingerprint density at radius 3 is 2.64 bits per heavy atom. The summed E-state index contributed by atoms with van der Waals surface area (Å²) in [4.78, 5) is 11.3. The quantitative estimate of drug-likeness (QED) is 0.293. The topological polar surface area (TPSA) is 50.1 Å². The van der Waals surface area contributed by atoms with Crippen LogP contribution in [0.25, 0.3) is 0 Å². The van der Waals surface area contributed by atoms with Gasteiger partial charge in [0.2, 0.25) is 0 Å². The Bertz CT molecular complexity index is 249. The van der Waals surface area contributed by atoms with Gasteiger partial charge in [0, 0.05) is 0 Å². The average Bonchev–Trinajstić information content (AvgIpc) is 2.14. The molecule has 0 rings (SSSR count). The van der Waals surface area contributed by atoms with E-state index in [1.807, 2.05) is 26.8 Å². The highest BCUT2D eigenvalue weighted by Crippen LogP contribution is 2.04. The number of hydrogen-bond acceptors (Lipinski definition) is 3. The number of carbonyl (C=O) groups excluding carboxylic acids is 1. The first kappa shape index (κ1) is 12.7. The molecule has 0 bridgehead atoms. The number of hydrogen-bond donors (Lipinski definition) is 0. The molecule has 0 amide bonds. The van der Waals surface area contributed by atoms with Gasteiger partial charge in [-0.25, -0.2) is 4.79 Å². The summed E-state index contributed by atoms with van der Waals surface area (Å²) in [5.41, 5.74) is 0.108. The molecule has 78 valence electrons. The molecule has 0 spiro atoms. The Morgan fingerprint density at radius 1 is 1.57 bits per heavy atom. The van der Waals surface area contributed by atoms with Crippen molar-refractivity contribution in [3.05, 3.63) is 11.6 Å². The standard InChI is InChI=1S/C11H17NO2/c1-4-5-6-14-11(13)10(8-12)7-9(2)3/h7,9H,4-6H2,1-3H3. The van der Waals surface area contributed by atoms with Gasteiger partial charge >= 0.3 is 5.97 Å². The highest BCUT2D eigenvalue weighted by molar-refractivity contribution is 5.92. The van der Waals surface area contributed by atoms with E-state index >= 15 is 0 Å². The van der Waals surface area contributed by atoms with Crippen molar-refractivity contribution in [1.82, 2.24) is 0 Å². The number of carbonyl (C=O) groups is 1. The van der Waals surface area contributed by atoms with Crippen LogP contribution in [0.2, 0.25) is 0 Å². The van der Waals surface area contributed by atoms with Crippen molar-refractivity contribution in [2.75, 3.05) is 6.61 Å². The molecule has 0 aliphatic heterocycles. The van der Waals surface area contributed by atoms with E-state index in [0.29, 0.717) is 6.61 Å². The normalized spacial score (nSPS) is 11.2. The minimum Gasteiger partial charge on any atom is -0.462 e. The third-order valence-corrected chi connectivity index (χ3v) is 1.57. The molecule has 0 radical (unpaired) electrons. The highest BCUT2D eigenvalue weighted by atomic mass is 16.5. The van der Waals surface area contributed by atoms with Gasteiger partial charge in [-0.1, -0.05) is 33.3 Å². The Hall–Kier alpha value is -1.30. The second-order valence-electron chi connectivity index (χ2n) is 3.43. The minimum absolute atomic E-state index is 0.108. The van der Waals surface area contributed by atoms with Crippen molar-refractivity contribution >= 4 is 5.97 Å². The first-order valence-electron chi connectivity index (χ1n) is 4.90. The third kappa shape index (κ3) is 5.36. The number of allylic oxidation sites excluding steroid dienone is 1. The minimum atomic E-state index is -0.505. The summed E-state index contributed by atoms with van der Waals surface area (Å²) >= 11 is 0. The Morgan fingerprint density at radius 2 is 2.21 bits per heavy atom. The smallest absolute Gasteiger partial charge is 0.348 e. The van der Waals surface area contributed by atoms with E-state index in [1.165, 1.54) is 0 Å². The van der Waals surface area contributed by atoms with E-state index in [0.717, 1.165) is 12.8 Å². The number of nitriles is 1. The molecule has 0 fully saturated rings. The maximum absolute atomic E-state index is 11.3. The Kier molecular flexibility index (Phi) is 6.47. The van der Waals surface area contributed by atoms with Crippen molar-refractivity contribution in [2.24, 2.45) is 5.92 Å². The number of ether oxygens (including phenoxy) is 1. The van der Waals surface area contributed by atoms with Gasteiger partial charge in [-0.05, 0) is 12.3 Å². The van der Waals surface area contributed by atoms with Crippen LogP contribution in [0.5, 0.6) is 0 Å². The van der Waals surface area contributed by atoms with Gasteiger partial charge in [0.25, 0.3) is 0 Å². The molecule has 0 atom stereocenters. The van der Waals surface area contributed by atoms with Gasteiger partial charge in [0.15, 0.2) is 0 Å². The van der Waals surface area contributed by atoms with E-state index in [9.17, 15) is 4.79 Å². The van der Waals surface area contributed by atoms with Crippen LogP contribution in [0.3, 0.4) is 0 Å². The second kappa shape index (κ2) is 7.14. The zero-order valence-electron chi connectivity index (χ0n) is 9.04. The molecule has 14 heavy (non-hydrogen) atoms.